The number of rotatable bonds is 3. The van der Waals surface area contributed by atoms with Crippen molar-refractivity contribution in [2.75, 3.05) is 6.61 Å². The van der Waals surface area contributed by atoms with Gasteiger partial charge in [0.15, 0.2) is 14.6 Å². The fraction of sp³-hybridized carbons (Fsp3) is 0.588. The summed E-state index contributed by atoms with van der Waals surface area (Å²) in [5.74, 6) is 0.490. The summed E-state index contributed by atoms with van der Waals surface area (Å²) in [5.41, 5.74) is 3.80. The molecular weight excluding hydrogens is 306 g/mol. The predicted octanol–water partition coefficient (Wildman–Crippen LogP) is 3.00. The van der Waals surface area contributed by atoms with Gasteiger partial charge in [-0.25, -0.2) is 4.98 Å². The fourth-order valence-electron chi connectivity index (χ4n) is 2.85. The summed E-state index contributed by atoms with van der Waals surface area (Å²) in [4.78, 5) is 4.86. The molecule has 1 atom stereocenters. The summed E-state index contributed by atoms with van der Waals surface area (Å²) in [7, 11) is -1.71. The number of nitrogens with zero attached hydrogens (tertiary/aromatic N) is 3. The molecular formula is C17H25N3O2Si. The second-order valence-corrected chi connectivity index (χ2v) is 12.9. The van der Waals surface area contributed by atoms with Gasteiger partial charge in [0.05, 0.1) is 0 Å². The quantitative estimate of drug-likeness (QED) is 0.493. The summed E-state index contributed by atoms with van der Waals surface area (Å²) in [5, 5.41) is 15.7. The van der Waals surface area contributed by atoms with Gasteiger partial charge in [-0.1, -0.05) is 20.8 Å². The molecule has 3 rings (SSSR count). The van der Waals surface area contributed by atoms with Crippen LogP contribution in [0, 0.1) is 11.1 Å². The molecule has 1 aliphatic rings. The number of hydrogen-bond donors (Lipinski definition) is 0. The van der Waals surface area contributed by atoms with Gasteiger partial charge in [-0.15, -0.1) is 0 Å². The molecule has 0 N–H and O–H groups in total. The average Bonchev–Trinajstić information content (AvgIpc) is 2.84. The molecule has 1 unspecified atom stereocenters. The molecule has 124 valence electrons. The van der Waals surface area contributed by atoms with E-state index in [9.17, 15) is 5.21 Å². The molecule has 5 nitrogen and oxygen atoms in total. The van der Waals surface area contributed by atoms with Crippen LogP contribution >= 0.6 is 0 Å². The van der Waals surface area contributed by atoms with Crippen LogP contribution in [0.25, 0.3) is 11.0 Å². The van der Waals surface area contributed by atoms with E-state index in [4.69, 9.17) is 4.43 Å². The first-order valence-electron chi connectivity index (χ1n) is 8.18. The topological polar surface area (TPSA) is 62.0 Å². The Bertz CT molecular complexity index is 740. The summed E-state index contributed by atoms with van der Waals surface area (Å²) in [6.07, 6.45) is 3.28. The van der Waals surface area contributed by atoms with Gasteiger partial charge in [0, 0.05) is 17.8 Å². The van der Waals surface area contributed by atoms with Gasteiger partial charge in [-0.05, 0) is 58.9 Å². The summed E-state index contributed by atoms with van der Waals surface area (Å²) in [6.45, 7) is 12.2. The van der Waals surface area contributed by atoms with Crippen LogP contribution in [0.3, 0.4) is 0 Å². The highest BCUT2D eigenvalue weighted by atomic mass is 28.4. The van der Waals surface area contributed by atoms with Crippen LogP contribution in [0.2, 0.25) is 18.1 Å². The third kappa shape index (κ3) is 3.10. The van der Waals surface area contributed by atoms with Crippen molar-refractivity contribution in [2.24, 2.45) is 5.92 Å². The van der Waals surface area contributed by atoms with Gasteiger partial charge in [0.1, 0.15) is 5.52 Å². The van der Waals surface area contributed by atoms with Crippen LogP contribution in [0.15, 0.2) is 18.5 Å². The normalized spacial score (nSPS) is 18.4. The molecule has 2 aromatic rings. The molecule has 0 saturated heterocycles. The highest BCUT2D eigenvalue weighted by molar-refractivity contribution is 6.74. The molecule has 0 saturated carbocycles. The van der Waals surface area contributed by atoms with Crippen molar-refractivity contribution in [3.05, 3.63) is 34.8 Å². The number of aromatic nitrogens is 3. The SMILES string of the molecule is CC(C)(C)[Si](C)(C)OCC1Cc2cc3ncn[n+]([O-])c3cc2C1. The maximum atomic E-state index is 11.8. The zero-order valence-electron chi connectivity index (χ0n) is 14.6. The zero-order valence-corrected chi connectivity index (χ0v) is 15.6. The highest BCUT2D eigenvalue weighted by Gasteiger charge is 2.38. The summed E-state index contributed by atoms with van der Waals surface area (Å²) in [6, 6.07) is 3.98. The van der Waals surface area contributed by atoms with E-state index < -0.39 is 8.32 Å². The van der Waals surface area contributed by atoms with E-state index in [1.807, 2.05) is 12.1 Å². The molecule has 1 aliphatic carbocycles. The first-order chi connectivity index (χ1) is 10.7. The van der Waals surface area contributed by atoms with Crippen molar-refractivity contribution in [1.82, 2.24) is 10.1 Å². The van der Waals surface area contributed by atoms with E-state index in [1.165, 1.54) is 17.5 Å². The molecule has 0 radical (unpaired) electrons. The van der Waals surface area contributed by atoms with E-state index in [1.54, 1.807) is 0 Å². The Labute approximate surface area is 138 Å². The summed E-state index contributed by atoms with van der Waals surface area (Å²) < 4.78 is 6.37. The second-order valence-electron chi connectivity index (χ2n) is 8.09. The van der Waals surface area contributed by atoms with Gasteiger partial charge < -0.3 is 9.63 Å². The molecule has 0 spiro atoms. The lowest BCUT2D eigenvalue weighted by atomic mass is 10.1. The Morgan fingerprint density at radius 3 is 2.57 bits per heavy atom. The Hall–Kier alpha value is -1.53. The van der Waals surface area contributed by atoms with Gasteiger partial charge in [-0.2, -0.15) is 0 Å². The van der Waals surface area contributed by atoms with Crippen molar-refractivity contribution in [3.63, 3.8) is 0 Å². The van der Waals surface area contributed by atoms with Crippen molar-refractivity contribution in [3.8, 4) is 0 Å². The van der Waals surface area contributed by atoms with Crippen molar-refractivity contribution in [1.29, 1.82) is 0 Å². The Balaban J connectivity index is 1.75. The monoisotopic (exact) mass is 331 g/mol. The minimum absolute atomic E-state index is 0.233. The van der Waals surface area contributed by atoms with Crippen molar-refractivity contribution < 1.29 is 9.27 Å². The van der Waals surface area contributed by atoms with Gasteiger partial charge >= 0.3 is 0 Å². The van der Waals surface area contributed by atoms with Crippen LogP contribution in [-0.4, -0.2) is 25.0 Å². The van der Waals surface area contributed by atoms with E-state index >= 15 is 0 Å². The Morgan fingerprint density at radius 1 is 1.26 bits per heavy atom. The van der Waals surface area contributed by atoms with Gasteiger partial charge in [-0.3, -0.25) is 0 Å². The molecule has 0 aliphatic heterocycles. The lowest BCUT2D eigenvalue weighted by Gasteiger charge is -2.37. The van der Waals surface area contributed by atoms with Crippen LogP contribution in [0.1, 0.15) is 31.9 Å². The number of benzene rings is 1. The lowest BCUT2D eigenvalue weighted by Crippen LogP contribution is -2.42. The fourth-order valence-corrected chi connectivity index (χ4v) is 3.94. The van der Waals surface area contributed by atoms with Crippen molar-refractivity contribution in [2.45, 2.75) is 51.7 Å². The second kappa shape index (κ2) is 5.53. The molecule has 0 fully saturated rings. The maximum Gasteiger partial charge on any atom is 0.270 e. The third-order valence-electron chi connectivity index (χ3n) is 5.36. The lowest BCUT2D eigenvalue weighted by molar-refractivity contribution is -0.643. The number of hydrogen-bond acceptors (Lipinski definition) is 4. The van der Waals surface area contributed by atoms with E-state index in [2.05, 4.69) is 43.9 Å². The smallest absolute Gasteiger partial charge is 0.270 e. The minimum Gasteiger partial charge on any atom is -0.594 e. The predicted molar refractivity (Wildman–Crippen MR) is 92.5 cm³/mol. The molecule has 1 aromatic heterocycles. The van der Waals surface area contributed by atoms with Gasteiger partial charge in [0.2, 0.25) is 0 Å². The zero-order chi connectivity index (χ0) is 16.8. The highest BCUT2D eigenvalue weighted by Crippen LogP contribution is 2.38. The molecule has 0 amide bonds. The van der Waals surface area contributed by atoms with Crippen molar-refractivity contribution >= 4 is 19.4 Å². The molecule has 0 bridgehead atoms. The van der Waals surface area contributed by atoms with Crippen LogP contribution in [0.5, 0.6) is 0 Å². The third-order valence-corrected chi connectivity index (χ3v) is 9.86. The molecule has 23 heavy (non-hydrogen) atoms. The van der Waals surface area contributed by atoms with E-state index in [-0.39, 0.29) is 5.04 Å². The number of fused-ring (bicyclic) bond motifs is 2. The summed E-state index contributed by atoms with van der Waals surface area (Å²) >= 11 is 0. The van der Waals surface area contributed by atoms with Crippen LogP contribution in [0.4, 0.5) is 0 Å². The Morgan fingerprint density at radius 2 is 1.91 bits per heavy atom. The molecule has 1 aromatic carbocycles. The largest absolute Gasteiger partial charge is 0.594 e. The molecule has 1 heterocycles. The first-order valence-corrected chi connectivity index (χ1v) is 11.1. The van der Waals surface area contributed by atoms with Crippen LogP contribution in [-0.2, 0) is 17.3 Å². The first kappa shape index (κ1) is 16.3. The molecule has 6 heteroatoms. The van der Waals surface area contributed by atoms with E-state index in [0.717, 1.165) is 25.0 Å². The Kier molecular flexibility index (Phi) is 3.92. The van der Waals surface area contributed by atoms with Crippen LogP contribution < -0.4 is 4.85 Å². The van der Waals surface area contributed by atoms with E-state index in [0.29, 0.717) is 16.3 Å². The van der Waals surface area contributed by atoms with Gasteiger partial charge in [0.25, 0.3) is 5.52 Å². The maximum absolute atomic E-state index is 11.8. The average molecular weight is 331 g/mol. The minimum atomic E-state index is -1.71. The standard InChI is InChI=1S/C17H25N3O2Si/c1-17(2,3)23(4,5)22-10-12-6-13-8-15-16(9-14(13)7-12)20(21)19-11-18-15/h8-9,11-12H,6-7,10H2,1-5H3.